The van der Waals surface area contributed by atoms with Gasteiger partial charge in [0.1, 0.15) is 22.7 Å². The van der Waals surface area contributed by atoms with Crippen LogP contribution in [0.3, 0.4) is 0 Å². The van der Waals surface area contributed by atoms with E-state index in [9.17, 15) is 35.9 Å². The average Bonchev–Trinajstić information content (AvgIpc) is 3.47. The monoisotopic (exact) mass is 632 g/mol. The van der Waals surface area contributed by atoms with E-state index >= 15 is 4.39 Å². The summed E-state index contributed by atoms with van der Waals surface area (Å²) in [6.45, 7) is 1.65. The number of hydrogen-bond donors (Lipinski definition) is 3. The fourth-order valence-corrected chi connectivity index (χ4v) is 5.48. The number of aromatic amines is 1. The molecule has 2 atom stereocenters. The third-order valence-corrected chi connectivity index (χ3v) is 7.96. The van der Waals surface area contributed by atoms with E-state index in [0.29, 0.717) is 5.69 Å². The number of aromatic nitrogens is 4. The Morgan fingerprint density at radius 1 is 1.09 bits per heavy atom. The first-order chi connectivity index (χ1) is 20.5. The Kier molecular flexibility index (Phi) is 8.39. The van der Waals surface area contributed by atoms with E-state index in [4.69, 9.17) is 4.63 Å². The molecule has 0 spiro atoms. The van der Waals surface area contributed by atoms with Gasteiger partial charge in [-0.2, -0.15) is 13.2 Å². The number of H-pyrrole nitrogens is 1. The van der Waals surface area contributed by atoms with Gasteiger partial charge in [-0.15, -0.1) is 0 Å². The summed E-state index contributed by atoms with van der Waals surface area (Å²) in [5.41, 5.74) is -2.61. The Labute approximate surface area is 246 Å². The lowest BCUT2D eigenvalue weighted by Crippen LogP contribution is -2.39. The number of carbonyl (C=O) groups excluding carboxylic acids is 2. The van der Waals surface area contributed by atoms with Crippen molar-refractivity contribution in [2.75, 3.05) is 6.54 Å². The van der Waals surface area contributed by atoms with Gasteiger partial charge in [-0.25, -0.2) is 27.2 Å². The number of fused-ring (bicyclic) bond motifs is 1. The number of halogens is 7. The molecule has 9 nitrogen and oxygen atoms in total. The SMILES string of the molecule is CC(C)(F)CNC(=O)[C@H](CC(F)(F)F)c1ccc2[nH]c([C@@H](NC(=O)c3nonc3C3CC3)C3CCC(F)(F)CC3)nc2c1F. The van der Waals surface area contributed by atoms with Gasteiger partial charge in [-0.1, -0.05) is 11.2 Å². The van der Waals surface area contributed by atoms with Crippen LogP contribution in [0.1, 0.15) is 104 Å². The van der Waals surface area contributed by atoms with Crippen LogP contribution in [0.25, 0.3) is 11.0 Å². The molecule has 16 heteroatoms. The van der Waals surface area contributed by atoms with E-state index in [2.05, 4.69) is 30.9 Å². The van der Waals surface area contributed by atoms with Crippen LogP contribution in [0.5, 0.6) is 0 Å². The third-order valence-electron chi connectivity index (χ3n) is 7.96. The first-order valence-electron chi connectivity index (χ1n) is 14.2. The van der Waals surface area contributed by atoms with E-state index < -0.39 is 90.2 Å². The summed E-state index contributed by atoms with van der Waals surface area (Å²) >= 11 is 0. The number of rotatable bonds is 10. The number of amides is 2. The molecule has 44 heavy (non-hydrogen) atoms. The van der Waals surface area contributed by atoms with Crippen LogP contribution in [0, 0.1) is 11.7 Å². The van der Waals surface area contributed by atoms with Crippen molar-refractivity contribution >= 4 is 22.8 Å². The van der Waals surface area contributed by atoms with Crippen LogP contribution < -0.4 is 10.6 Å². The second-order valence-electron chi connectivity index (χ2n) is 12.2. The van der Waals surface area contributed by atoms with Crippen LogP contribution in [-0.4, -0.2) is 56.4 Å². The molecule has 2 aliphatic rings. The zero-order valence-electron chi connectivity index (χ0n) is 23.8. The zero-order valence-corrected chi connectivity index (χ0v) is 23.8. The third kappa shape index (κ3) is 7.32. The molecule has 2 heterocycles. The predicted molar refractivity (Wildman–Crippen MR) is 141 cm³/mol. The van der Waals surface area contributed by atoms with Gasteiger partial charge in [0.2, 0.25) is 11.8 Å². The summed E-state index contributed by atoms with van der Waals surface area (Å²) in [5.74, 6) is -8.63. The van der Waals surface area contributed by atoms with Gasteiger partial charge in [-0.3, -0.25) is 9.59 Å². The topological polar surface area (TPSA) is 126 Å². The highest BCUT2D eigenvalue weighted by Crippen LogP contribution is 2.43. The lowest BCUT2D eigenvalue weighted by Gasteiger charge is -2.33. The maximum atomic E-state index is 15.9. The van der Waals surface area contributed by atoms with Crippen molar-refractivity contribution in [3.63, 3.8) is 0 Å². The molecule has 0 bridgehead atoms. The second-order valence-corrected chi connectivity index (χ2v) is 12.2. The quantitative estimate of drug-likeness (QED) is 0.230. The summed E-state index contributed by atoms with van der Waals surface area (Å²) in [4.78, 5) is 33.1. The molecule has 240 valence electrons. The molecule has 2 aromatic heterocycles. The Bertz CT molecular complexity index is 1520. The Hall–Kier alpha value is -3.72. The van der Waals surface area contributed by atoms with Crippen molar-refractivity contribution in [2.24, 2.45) is 5.92 Å². The van der Waals surface area contributed by atoms with Crippen molar-refractivity contribution < 1.29 is 45.0 Å². The van der Waals surface area contributed by atoms with Gasteiger partial charge >= 0.3 is 6.18 Å². The van der Waals surface area contributed by atoms with Gasteiger partial charge in [-0.05, 0) is 56.7 Å². The zero-order chi connectivity index (χ0) is 32.0. The summed E-state index contributed by atoms with van der Waals surface area (Å²) in [6, 6.07) is 1.22. The number of hydrogen-bond acceptors (Lipinski definition) is 6. The molecule has 0 unspecified atom stereocenters. The normalized spacial score (nSPS) is 19.1. The number of imidazole rings is 1. The highest BCUT2D eigenvalue weighted by Gasteiger charge is 2.42. The lowest BCUT2D eigenvalue weighted by molar-refractivity contribution is -0.148. The van der Waals surface area contributed by atoms with Crippen LogP contribution >= 0.6 is 0 Å². The molecule has 1 aromatic carbocycles. The largest absolute Gasteiger partial charge is 0.390 e. The van der Waals surface area contributed by atoms with Crippen molar-refractivity contribution in [1.29, 1.82) is 0 Å². The van der Waals surface area contributed by atoms with Crippen LogP contribution in [0.4, 0.5) is 30.7 Å². The Balaban J connectivity index is 1.49. The van der Waals surface area contributed by atoms with Gasteiger partial charge in [0.25, 0.3) is 5.91 Å². The summed E-state index contributed by atoms with van der Waals surface area (Å²) in [7, 11) is 0. The summed E-state index contributed by atoms with van der Waals surface area (Å²) < 4.78 is 103. The first kappa shape index (κ1) is 31.7. The predicted octanol–water partition coefficient (Wildman–Crippen LogP) is 6.16. The van der Waals surface area contributed by atoms with Crippen molar-refractivity contribution in [2.45, 2.75) is 94.4 Å². The maximum absolute atomic E-state index is 15.9. The average molecular weight is 633 g/mol. The molecular weight excluding hydrogens is 601 g/mol. The number of alkyl halides is 6. The smallest absolute Gasteiger partial charge is 0.352 e. The van der Waals surface area contributed by atoms with Crippen LogP contribution in [0.2, 0.25) is 0 Å². The maximum Gasteiger partial charge on any atom is 0.390 e. The van der Waals surface area contributed by atoms with Gasteiger partial charge in [0, 0.05) is 24.3 Å². The molecule has 2 saturated carbocycles. The molecule has 0 radical (unpaired) electrons. The Morgan fingerprint density at radius 3 is 2.39 bits per heavy atom. The first-order valence-corrected chi connectivity index (χ1v) is 14.2. The molecule has 2 fully saturated rings. The molecule has 5 rings (SSSR count). The lowest BCUT2D eigenvalue weighted by atomic mass is 9.81. The highest BCUT2D eigenvalue weighted by atomic mass is 19.4. The van der Waals surface area contributed by atoms with E-state index in [0.717, 1.165) is 32.8 Å². The molecule has 3 aromatic rings. The van der Waals surface area contributed by atoms with Crippen LogP contribution in [-0.2, 0) is 4.79 Å². The molecule has 0 aliphatic heterocycles. The van der Waals surface area contributed by atoms with E-state index in [1.165, 1.54) is 6.07 Å². The number of benzene rings is 1. The second kappa shape index (κ2) is 11.7. The molecule has 2 amide bonds. The van der Waals surface area contributed by atoms with E-state index in [-0.39, 0.29) is 35.8 Å². The Morgan fingerprint density at radius 2 is 1.77 bits per heavy atom. The van der Waals surface area contributed by atoms with Crippen molar-refractivity contribution in [3.8, 4) is 0 Å². The van der Waals surface area contributed by atoms with Crippen molar-refractivity contribution in [1.82, 2.24) is 30.9 Å². The fourth-order valence-electron chi connectivity index (χ4n) is 5.48. The summed E-state index contributed by atoms with van der Waals surface area (Å²) in [5, 5.41) is 12.3. The molecule has 2 aliphatic carbocycles. The highest BCUT2D eigenvalue weighted by molar-refractivity contribution is 5.93. The van der Waals surface area contributed by atoms with Gasteiger partial charge < -0.3 is 15.6 Å². The molecule has 3 N–H and O–H groups in total. The minimum absolute atomic E-state index is 0.00496. The molecular formula is C28H31F7N6O3. The molecule has 0 saturated heterocycles. The van der Waals surface area contributed by atoms with Gasteiger partial charge in [0.05, 0.1) is 30.4 Å². The number of nitrogens with one attached hydrogen (secondary N) is 3. The van der Waals surface area contributed by atoms with Gasteiger partial charge in [0.15, 0.2) is 11.5 Å². The van der Waals surface area contributed by atoms with Crippen molar-refractivity contribution in [3.05, 3.63) is 40.7 Å². The fraction of sp³-hybridized carbons (Fsp3) is 0.607. The van der Waals surface area contributed by atoms with E-state index in [1.54, 1.807) is 0 Å². The number of nitrogens with zero attached hydrogens (tertiary/aromatic N) is 3. The minimum Gasteiger partial charge on any atom is -0.352 e. The van der Waals surface area contributed by atoms with E-state index in [1.807, 2.05) is 0 Å². The van der Waals surface area contributed by atoms with Crippen LogP contribution in [0.15, 0.2) is 16.8 Å². The standard InChI is InChI=1S/C28H31F7N6O3/c1-26(2,30)12-36-24(42)16(11-28(33,34)35)15-5-6-17-21(18(15)29)38-23(37-17)20(14-7-9-27(31,32)10-8-14)39-25(43)22-19(13-3-4-13)40-44-41-22/h5-6,13-14,16,20H,3-4,7-12H2,1-2H3,(H,36,42)(H,37,38)(H,39,43)/t16-,20+/m1/s1. The minimum atomic E-state index is -4.86. The number of carbonyl (C=O) groups is 2. The summed E-state index contributed by atoms with van der Waals surface area (Å²) in [6.07, 6.45) is -5.91.